The van der Waals surface area contributed by atoms with Crippen LogP contribution in [0.1, 0.15) is 25.5 Å². The molecular formula is C13H20N2O4. The van der Waals surface area contributed by atoms with Crippen LogP contribution in [0.4, 0.5) is 11.4 Å². The minimum Gasteiger partial charge on any atom is -0.389 e. The van der Waals surface area contributed by atoms with Crippen molar-refractivity contribution < 1.29 is 14.8 Å². The molecule has 0 aliphatic rings. The Morgan fingerprint density at radius 1 is 1.53 bits per heavy atom. The minimum absolute atomic E-state index is 0.0105. The van der Waals surface area contributed by atoms with Gasteiger partial charge in [-0.05, 0) is 25.5 Å². The number of hydrogen-bond acceptors (Lipinski definition) is 5. The molecule has 1 aromatic carbocycles. The molecule has 0 aromatic heterocycles. The molecular weight excluding hydrogens is 248 g/mol. The van der Waals surface area contributed by atoms with Crippen LogP contribution in [0.2, 0.25) is 0 Å². The van der Waals surface area contributed by atoms with Gasteiger partial charge in [0.25, 0.3) is 5.69 Å². The molecule has 0 saturated heterocycles. The Bertz CT molecular complexity index is 435. The highest BCUT2D eigenvalue weighted by Crippen LogP contribution is 2.31. The van der Waals surface area contributed by atoms with Crippen LogP contribution in [0.25, 0.3) is 0 Å². The van der Waals surface area contributed by atoms with Crippen LogP contribution in [-0.4, -0.2) is 36.8 Å². The number of methoxy groups -OCH3 is 1. The van der Waals surface area contributed by atoms with Crippen LogP contribution in [0.15, 0.2) is 18.2 Å². The van der Waals surface area contributed by atoms with Gasteiger partial charge in [0.15, 0.2) is 0 Å². The van der Waals surface area contributed by atoms with E-state index in [0.29, 0.717) is 30.9 Å². The van der Waals surface area contributed by atoms with Gasteiger partial charge in [-0.2, -0.15) is 0 Å². The third-order valence-electron chi connectivity index (χ3n) is 2.97. The zero-order chi connectivity index (χ0) is 14.4. The van der Waals surface area contributed by atoms with Crippen molar-refractivity contribution in [3.8, 4) is 0 Å². The lowest BCUT2D eigenvalue weighted by Crippen LogP contribution is -2.27. The first-order valence-corrected chi connectivity index (χ1v) is 6.21. The number of hydrogen-bond donors (Lipinski definition) is 1. The first kappa shape index (κ1) is 15.4. The number of nitro groups is 1. The number of ether oxygens (including phenoxy) is 1. The molecule has 1 atom stereocenters. The van der Waals surface area contributed by atoms with Gasteiger partial charge >= 0.3 is 0 Å². The van der Waals surface area contributed by atoms with Crippen molar-refractivity contribution in [2.45, 2.75) is 20.0 Å². The average Bonchev–Trinajstić information content (AvgIpc) is 2.39. The van der Waals surface area contributed by atoms with Crippen molar-refractivity contribution in [1.29, 1.82) is 0 Å². The van der Waals surface area contributed by atoms with E-state index >= 15 is 0 Å². The van der Waals surface area contributed by atoms with Gasteiger partial charge in [0.2, 0.25) is 0 Å². The lowest BCUT2D eigenvalue weighted by Gasteiger charge is -2.22. The van der Waals surface area contributed by atoms with Gasteiger partial charge in [-0.1, -0.05) is 6.07 Å². The molecule has 0 bridgehead atoms. The molecule has 0 spiro atoms. The Balaban J connectivity index is 3.14. The molecule has 0 fully saturated rings. The third-order valence-corrected chi connectivity index (χ3v) is 2.97. The first-order chi connectivity index (χ1) is 9.01. The average molecular weight is 268 g/mol. The Hall–Kier alpha value is -1.66. The van der Waals surface area contributed by atoms with Gasteiger partial charge in [0.05, 0.1) is 17.6 Å². The lowest BCUT2D eigenvalue weighted by molar-refractivity contribution is -0.384. The van der Waals surface area contributed by atoms with Crippen molar-refractivity contribution in [3.63, 3.8) is 0 Å². The van der Waals surface area contributed by atoms with E-state index in [1.54, 1.807) is 26.2 Å². The molecule has 0 aliphatic carbocycles. The second-order valence-electron chi connectivity index (χ2n) is 4.25. The van der Waals surface area contributed by atoms with E-state index in [1.165, 1.54) is 6.07 Å². The van der Waals surface area contributed by atoms with Gasteiger partial charge in [0, 0.05) is 26.3 Å². The smallest absolute Gasteiger partial charge is 0.292 e. The number of nitrogens with zero attached hydrogens (tertiary/aromatic N) is 2. The summed E-state index contributed by atoms with van der Waals surface area (Å²) in [6.45, 7) is 5.26. The fourth-order valence-electron chi connectivity index (χ4n) is 1.86. The number of benzene rings is 1. The molecule has 0 amide bonds. The summed E-state index contributed by atoms with van der Waals surface area (Å²) in [6.07, 6.45) is -0.721. The largest absolute Gasteiger partial charge is 0.389 e. The standard InChI is InChI=1S/C13H20N2O4/c1-4-14(7-8-19-3)12-6-5-11(10(2)16)9-13(12)15(17)18/h5-6,9-10,16H,4,7-8H2,1-3H3/t10-/m1/s1. The van der Waals surface area contributed by atoms with Crippen LogP contribution in [0, 0.1) is 10.1 Å². The van der Waals surface area contributed by atoms with Crippen LogP contribution < -0.4 is 4.90 Å². The second kappa shape index (κ2) is 7.06. The zero-order valence-corrected chi connectivity index (χ0v) is 11.5. The Kier molecular flexibility index (Phi) is 5.72. The summed E-state index contributed by atoms with van der Waals surface area (Å²) < 4.78 is 5.01. The highest BCUT2D eigenvalue weighted by molar-refractivity contribution is 5.64. The van der Waals surface area contributed by atoms with E-state index < -0.39 is 11.0 Å². The number of aliphatic hydroxyl groups is 1. The maximum atomic E-state index is 11.2. The van der Waals surface area contributed by atoms with E-state index in [9.17, 15) is 15.2 Å². The molecule has 0 aliphatic heterocycles. The SMILES string of the molecule is CCN(CCOC)c1ccc([C@@H](C)O)cc1[N+](=O)[O-]. The summed E-state index contributed by atoms with van der Waals surface area (Å²) in [4.78, 5) is 12.6. The highest BCUT2D eigenvalue weighted by Gasteiger charge is 2.20. The summed E-state index contributed by atoms with van der Waals surface area (Å²) in [6, 6.07) is 4.82. The predicted octanol–water partition coefficient (Wildman–Crippen LogP) is 2.12. The van der Waals surface area contributed by atoms with E-state index in [0.717, 1.165) is 0 Å². The van der Waals surface area contributed by atoms with Gasteiger partial charge in [-0.3, -0.25) is 10.1 Å². The fourth-order valence-corrected chi connectivity index (χ4v) is 1.86. The summed E-state index contributed by atoms with van der Waals surface area (Å²) in [5.41, 5.74) is 1.10. The normalized spacial score (nSPS) is 12.2. The minimum atomic E-state index is -0.721. The van der Waals surface area contributed by atoms with Crippen LogP contribution in [0.3, 0.4) is 0 Å². The van der Waals surface area contributed by atoms with Crippen molar-refractivity contribution in [1.82, 2.24) is 0 Å². The fraction of sp³-hybridized carbons (Fsp3) is 0.538. The van der Waals surface area contributed by atoms with E-state index in [-0.39, 0.29) is 5.69 Å². The van der Waals surface area contributed by atoms with E-state index in [4.69, 9.17) is 4.74 Å². The van der Waals surface area contributed by atoms with E-state index in [1.807, 2.05) is 11.8 Å². The Morgan fingerprint density at radius 3 is 2.68 bits per heavy atom. The monoisotopic (exact) mass is 268 g/mol. The van der Waals surface area contributed by atoms with Gasteiger partial charge in [-0.15, -0.1) is 0 Å². The molecule has 0 radical (unpaired) electrons. The second-order valence-corrected chi connectivity index (χ2v) is 4.25. The molecule has 1 rings (SSSR count). The summed E-state index contributed by atoms with van der Waals surface area (Å²) >= 11 is 0. The lowest BCUT2D eigenvalue weighted by atomic mass is 10.1. The Labute approximate surface area is 112 Å². The summed E-state index contributed by atoms with van der Waals surface area (Å²) in [5, 5.41) is 20.7. The number of anilines is 1. The molecule has 6 nitrogen and oxygen atoms in total. The van der Waals surface area contributed by atoms with E-state index in [2.05, 4.69) is 0 Å². The molecule has 1 N–H and O–H groups in total. The number of likely N-dealkylation sites (N-methyl/N-ethyl adjacent to an activating group) is 1. The molecule has 0 unspecified atom stereocenters. The van der Waals surface area contributed by atoms with Crippen molar-refractivity contribution in [2.24, 2.45) is 0 Å². The van der Waals surface area contributed by atoms with Crippen LogP contribution in [0.5, 0.6) is 0 Å². The number of aliphatic hydroxyl groups excluding tert-OH is 1. The van der Waals surface area contributed by atoms with Gasteiger partial charge in [-0.25, -0.2) is 0 Å². The highest BCUT2D eigenvalue weighted by atomic mass is 16.6. The van der Waals surface area contributed by atoms with Crippen LogP contribution >= 0.6 is 0 Å². The maximum absolute atomic E-state index is 11.2. The van der Waals surface area contributed by atoms with Crippen molar-refractivity contribution in [2.75, 3.05) is 31.7 Å². The third kappa shape index (κ3) is 3.90. The van der Waals surface area contributed by atoms with Gasteiger partial charge < -0.3 is 14.7 Å². The molecule has 1 aromatic rings. The van der Waals surface area contributed by atoms with Gasteiger partial charge in [0.1, 0.15) is 5.69 Å². The number of nitro benzene ring substituents is 1. The molecule has 19 heavy (non-hydrogen) atoms. The Morgan fingerprint density at radius 2 is 2.21 bits per heavy atom. The summed E-state index contributed by atoms with van der Waals surface area (Å²) in [7, 11) is 1.60. The topological polar surface area (TPSA) is 75.8 Å². The molecule has 106 valence electrons. The quantitative estimate of drug-likeness (QED) is 0.605. The number of rotatable bonds is 7. The predicted molar refractivity (Wildman–Crippen MR) is 73.5 cm³/mol. The van der Waals surface area contributed by atoms with Crippen LogP contribution in [-0.2, 0) is 4.74 Å². The zero-order valence-electron chi connectivity index (χ0n) is 11.5. The van der Waals surface area contributed by atoms with Crippen molar-refractivity contribution >= 4 is 11.4 Å². The summed E-state index contributed by atoms with van der Waals surface area (Å²) in [5.74, 6) is 0. The molecule has 0 saturated carbocycles. The first-order valence-electron chi connectivity index (χ1n) is 6.21. The molecule has 6 heteroatoms. The maximum Gasteiger partial charge on any atom is 0.292 e. The van der Waals surface area contributed by atoms with Crippen molar-refractivity contribution in [3.05, 3.63) is 33.9 Å². The molecule has 0 heterocycles.